The second-order valence-electron chi connectivity index (χ2n) is 7.86. The van der Waals surface area contributed by atoms with Crippen LogP contribution in [-0.2, 0) is 9.59 Å². The van der Waals surface area contributed by atoms with Gasteiger partial charge in [-0.3, -0.25) is 14.5 Å². The number of hydrogen-bond donors (Lipinski definition) is 2. The molecule has 2 heterocycles. The third-order valence-electron chi connectivity index (χ3n) is 5.77. The van der Waals surface area contributed by atoms with Crippen LogP contribution in [0.3, 0.4) is 0 Å². The first-order chi connectivity index (χ1) is 15.5. The van der Waals surface area contributed by atoms with Crippen LogP contribution >= 0.6 is 0 Å². The molecule has 0 aromatic heterocycles. The van der Waals surface area contributed by atoms with Gasteiger partial charge in [0, 0.05) is 44.5 Å². The minimum Gasteiger partial charge on any atom is -0.497 e. The molecule has 32 heavy (non-hydrogen) atoms. The second kappa shape index (κ2) is 9.88. The zero-order valence-corrected chi connectivity index (χ0v) is 18.3. The Morgan fingerprint density at radius 1 is 1.00 bits per heavy atom. The van der Waals surface area contributed by atoms with Gasteiger partial charge in [0.15, 0.2) is 11.5 Å². The molecule has 2 N–H and O–H groups in total. The van der Waals surface area contributed by atoms with Crippen LogP contribution in [0.1, 0.15) is 11.6 Å². The maximum atomic E-state index is 12.5. The number of rotatable bonds is 6. The highest BCUT2D eigenvalue weighted by molar-refractivity contribution is 6.39. The summed E-state index contributed by atoms with van der Waals surface area (Å²) in [6.45, 7) is 4.13. The molecule has 9 nitrogen and oxygen atoms in total. The number of carbonyl (C=O) groups excluding carboxylic acids is 2. The Morgan fingerprint density at radius 3 is 2.44 bits per heavy atom. The van der Waals surface area contributed by atoms with Crippen molar-refractivity contribution < 1.29 is 23.8 Å². The number of hydrogen-bond acceptors (Lipinski definition) is 7. The molecule has 2 aliphatic heterocycles. The lowest BCUT2D eigenvalue weighted by molar-refractivity contribution is -0.136. The predicted molar refractivity (Wildman–Crippen MR) is 119 cm³/mol. The number of anilines is 1. The van der Waals surface area contributed by atoms with Crippen LogP contribution in [0.2, 0.25) is 0 Å². The largest absolute Gasteiger partial charge is 0.497 e. The van der Waals surface area contributed by atoms with E-state index >= 15 is 0 Å². The Morgan fingerprint density at radius 2 is 1.72 bits per heavy atom. The van der Waals surface area contributed by atoms with Gasteiger partial charge >= 0.3 is 11.8 Å². The fraction of sp³-hybridized carbons (Fsp3) is 0.391. The van der Waals surface area contributed by atoms with Crippen molar-refractivity contribution in [2.45, 2.75) is 6.04 Å². The number of nitrogens with zero attached hydrogens (tertiary/aromatic N) is 2. The highest BCUT2D eigenvalue weighted by atomic mass is 16.7. The first-order valence-corrected chi connectivity index (χ1v) is 10.6. The summed E-state index contributed by atoms with van der Waals surface area (Å²) in [4.78, 5) is 29.6. The molecule has 0 bridgehead atoms. The van der Waals surface area contributed by atoms with Gasteiger partial charge in [-0.1, -0.05) is 12.1 Å². The highest BCUT2D eigenvalue weighted by Gasteiger charge is 2.26. The smallest absolute Gasteiger partial charge is 0.313 e. The van der Waals surface area contributed by atoms with E-state index < -0.39 is 11.8 Å². The Balaban J connectivity index is 1.39. The highest BCUT2D eigenvalue weighted by Crippen LogP contribution is 2.34. The molecule has 1 fully saturated rings. The molecule has 0 unspecified atom stereocenters. The lowest BCUT2D eigenvalue weighted by Crippen LogP contribution is -2.49. The fourth-order valence-corrected chi connectivity index (χ4v) is 3.85. The standard InChI is InChI=1S/C23H28N4O5/c1-26-9-11-27(12-10-26)19(16-3-6-18(30-2)7-4-16)14-24-22(28)23(29)25-17-5-8-20-21(13-17)32-15-31-20/h3-8,13,19H,9-12,14-15H2,1-2H3,(H,24,28)(H,25,29)/t19-/m1/s1. The van der Waals surface area contributed by atoms with E-state index in [4.69, 9.17) is 14.2 Å². The van der Waals surface area contributed by atoms with Crippen molar-refractivity contribution in [2.24, 2.45) is 0 Å². The van der Waals surface area contributed by atoms with E-state index in [1.165, 1.54) is 0 Å². The number of likely N-dealkylation sites (N-methyl/N-ethyl adjacent to an activating group) is 1. The number of fused-ring (bicyclic) bond motifs is 1. The van der Waals surface area contributed by atoms with E-state index in [2.05, 4.69) is 27.5 Å². The average Bonchev–Trinajstić information content (AvgIpc) is 3.28. The summed E-state index contributed by atoms with van der Waals surface area (Å²) in [5, 5.41) is 5.41. The van der Waals surface area contributed by atoms with Crippen molar-refractivity contribution >= 4 is 17.5 Å². The van der Waals surface area contributed by atoms with E-state index in [1.807, 2.05) is 24.3 Å². The van der Waals surface area contributed by atoms with E-state index in [-0.39, 0.29) is 12.8 Å². The molecular weight excluding hydrogens is 412 g/mol. The Hall–Kier alpha value is -3.30. The van der Waals surface area contributed by atoms with Gasteiger partial charge in [0.1, 0.15) is 5.75 Å². The SMILES string of the molecule is COc1ccc([C@@H](CNC(=O)C(=O)Nc2ccc3c(c2)OCO3)N2CCN(C)CC2)cc1. The lowest BCUT2D eigenvalue weighted by atomic mass is 10.0. The maximum absolute atomic E-state index is 12.5. The molecule has 0 spiro atoms. The molecule has 1 saturated heterocycles. The van der Waals surface area contributed by atoms with Crippen molar-refractivity contribution in [3.8, 4) is 17.2 Å². The molecule has 2 aliphatic rings. The first kappa shape index (κ1) is 21.9. The van der Waals surface area contributed by atoms with Gasteiger partial charge in [-0.15, -0.1) is 0 Å². The van der Waals surface area contributed by atoms with Gasteiger partial charge in [-0.25, -0.2) is 0 Å². The van der Waals surface area contributed by atoms with Gasteiger partial charge in [0.2, 0.25) is 6.79 Å². The van der Waals surface area contributed by atoms with Gasteiger partial charge < -0.3 is 29.7 Å². The number of methoxy groups -OCH3 is 1. The number of ether oxygens (including phenoxy) is 3. The lowest BCUT2D eigenvalue weighted by Gasteiger charge is -2.38. The molecule has 0 radical (unpaired) electrons. The van der Waals surface area contributed by atoms with Crippen molar-refractivity contribution in [1.82, 2.24) is 15.1 Å². The average molecular weight is 441 g/mol. The Kier molecular flexibility index (Phi) is 6.77. The van der Waals surface area contributed by atoms with Crippen LogP contribution in [0.25, 0.3) is 0 Å². The quantitative estimate of drug-likeness (QED) is 0.657. The summed E-state index contributed by atoms with van der Waals surface area (Å²) in [6, 6.07) is 12.8. The van der Waals surface area contributed by atoms with E-state index in [0.29, 0.717) is 23.7 Å². The monoisotopic (exact) mass is 440 g/mol. The molecule has 1 atom stereocenters. The van der Waals surface area contributed by atoms with Crippen molar-refractivity contribution in [3.63, 3.8) is 0 Å². The van der Waals surface area contributed by atoms with Crippen molar-refractivity contribution in [1.29, 1.82) is 0 Å². The topological polar surface area (TPSA) is 92.4 Å². The van der Waals surface area contributed by atoms with Crippen molar-refractivity contribution in [2.75, 3.05) is 59.0 Å². The summed E-state index contributed by atoms with van der Waals surface area (Å²) in [5.74, 6) is 0.517. The number of nitrogens with one attached hydrogen (secondary N) is 2. The summed E-state index contributed by atoms with van der Waals surface area (Å²) in [7, 11) is 3.73. The number of carbonyl (C=O) groups is 2. The summed E-state index contributed by atoms with van der Waals surface area (Å²) >= 11 is 0. The molecule has 170 valence electrons. The summed E-state index contributed by atoms with van der Waals surface area (Å²) < 4.78 is 15.8. The van der Waals surface area contributed by atoms with E-state index in [1.54, 1.807) is 25.3 Å². The van der Waals surface area contributed by atoms with Gasteiger partial charge in [0.25, 0.3) is 0 Å². The zero-order valence-electron chi connectivity index (χ0n) is 18.3. The molecule has 9 heteroatoms. The molecule has 2 amide bonds. The molecule has 0 saturated carbocycles. The van der Waals surface area contributed by atoms with Gasteiger partial charge in [0.05, 0.1) is 13.2 Å². The van der Waals surface area contributed by atoms with Crippen LogP contribution in [0.5, 0.6) is 17.2 Å². The Bertz CT molecular complexity index is 957. The summed E-state index contributed by atoms with van der Waals surface area (Å²) in [5.41, 5.74) is 1.53. The zero-order chi connectivity index (χ0) is 22.5. The van der Waals surface area contributed by atoms with Crippen LogP contribution in [-0.4, -0.2) is 75.3 Å². The number of benzene rings is 2. The molecule has 2 aromatic rings. The predicted octanol–water partition coefficient (Wildman–Crippen LogP) is 1.47. The molecule has 4 rings (SSSR count). The molecular formula is C23H28N4O5. The van der Waals surface area contributed by atoms with E-state index in [9.17, 15) is 9.59 Å². The first-order valence-electron chi connectivity index (χ1n) is 10.6. The number of piperazine rings is 1. The summed E-state index contributed by atoms with van der Waals surface area (Å²) in [6.07, 6.45) is 0. The fourth-order valence-electron chi connectivity index (χ4n) is 3.85. The second-order valence-corrected chi connectivity index (χ2v) is 7.86. The third kappa shape index (κ3) is 5.12. The number of amides is 2. The normalized spacial score (nSPS) is 16.9. The third-order valence-corrected chi connectivity index (χ3v) is 5.77. The molecule has 0 aliphatic carbocycles. The van der Waals surface area contributed by atoms with Crippen LogP contribution < -0.4 is 24.8 Å². The van der Waals surface area contributed by atoms with Crippen molar-refractivity contribution in [3.05, 3.63) is 48.0 Å². The van der Waals surface area contributed by atoms with Crippen LogP contribution in [0.4, 0.5) is 5.69 Å². The minimum absolute atomic E-state index is 0.0445. The van der Waals surface area contributed by atoms with Crippen LogP contribution in [0.15, 0.2) is 42.5 Å². The maximum Gasteiger partial charge on any atom is 0.313 e. The van der Waals surface area contributed by atoms with Gasteiger partial charge in [-0.2, -0.15) is 0 Å². The van der Waals surface area contributed by atoms with E-state index in [0.717, 1.165) is 37.5 Å². The minimum atomic E-state index is -0.726. The Labute approximate surface area is 187 Å². The molecule has 2 aromatic carbocycles. The van der Waals surface area contributed by atoms with Gasteiger partial charge in [-0.05, 0) is 36.9 Å². The van der Waals surface area contributed by atoms with Crippen LogP contribution in [0, 0.1) is 0 Å².